The number of carbonyl (C=O) groups excluding carboxylic acids is 1. The molecule has 126 valence electrons. The maximum absolute atomic E-state index is 12.1. The van der Waals surface area contributed by atoms with Gasteiger partial charge in [0.2, 0.25) is 17.7 Å². The Morgan fingerprint density at radius 1 is 1.12 bits per heavy atom. The number of hydrogen-bond acceptors (Lipinski definition) is 5. The van der Waals surface area contributed by atoms with E-state index in [1.54, 1.807) is 12.1 Å². The van der Waals surface area contributed by atoms with Gasteiger partial charge < -0.3 is 9.32 Å². The van der Waals surface area contributed by atoms with Crippen LogP contribution in [0.2, 0.25) is 5.02 Å². The molecule has 0 unspecified atom stereocenters. The van der Waals surface area contributed by atoms with Gasteiger partial charge in [-0.3, -0.25) is 9.69 Å². The van der Waals surface area contributed by atoms with Crippen molar-refractivity contribution in [2.24, 2.45) is 5.92 Å². The van der Waals surface area contributed by atoms with E-state index in [1.807, 2.05) is 17.0 Å². The van der Waals surface area contributed by atoms with Crippen LogP contribution < -0.4 is 0 Å². The molecule has 2 aromatic rings. The minimum Gasteiger partial charge on any atom is -0.419 e. The van der Waals surface area contributed by atoms with Gasteiger partial charge in [-0.05, 0) is 37.1 Å². The van der Waals surface area contributed by atoms with Crippen LogP contribution in [0.1, 0.15) is 18.7 Å². The van der Waals surface area contributed by atoms with Crippen LogP contribution in [-0.4, -0.2) is 52.1 Å². The molecule has 1 aromatic heterocycles. The molecule has 2 heterocycles. The Labute approximate surface area is 145 Å². The molecular formula is C17H19ClN4O2. The highest BCUT2D eigenvalue weighted by molar-refractivity contribution is 6.30. The third-order valence-corrected chi connectivity index (χ3v) is 4.78. The highest BCUT2D eigenvalue weighted by Crippen LogP contribution is 2.31. The minimum atomic E-state index is 0.300. The first kappa shape index (κ1) is 15.6. The highest BCUT2D eigenvalue weighted by Gasteiger charge is 2.34. The molecule has 24 heavy (non-hydrogen) atoms. The topological polar surface area (TPSA) is 62.5 Å². The fourth-order valence-electron chi connectivity index (χ4n) is 2.93. The van der Waals surface area contributed by atoms with Crippen LogP contribution in [0.5, 0.6) is 0 Å². The maximum atomic E-state index is 12.1. The lowest BCUT2D eigenvalue weighted by Crippen LogP contribution is -2.48. The van der Waals surface area contributed by atoms with Gasteiger partial charge in [-0.25, -0.2) is 0 Å². The Kier molecular flexibility index (Phi) is 4.24. The van der Waals surface area contributed by atoms with Crippen LogP contribution in [0.4, 0.5) is 0 Å². The highest BCUT2D eigenvalue weighted by atomic mass is 35.5. The number of carbonyl (C=O) groups is 1. The van der Waals surface area contributed by atoms with Crippen molar-refractivity contribution in [1.29, 1.82) is 0 Å². The van der Waals surface area contributed by atoms with Gasteiger partial charge in [-0.2, -0.15) is 0 Å². The standard InChI is InChI=1S/C17H19ClN4O2/c18-14-5-3-12(4-6-14)16-20-19-15(24-16)11-21-7-9-22(10-8-21)17(23)13-1-2-13/h3-6,13H,1-2,7-11H2. The predicted molar refractivity (Wildman–Crippen MR) is 89.3 cm³/mol. The minimum absolute atomic E-state index is 0.300. The van der Waals surface area contributed by atoms with E-state index in [-0.39, 0.29) is 0 Å². The number of nitrogens with zero attached hydrogens (tertiary/aromatic N) is 4. The average Bonchev–Trinajstić information content (AvgIpc) is 3.35. The van der Waals surface area contributed by atoms with Crippen LogP contribution in [-0.2, 0) is 11.3 Å². The summed E-state index contributed by atoms with van der Waals surface area (Å²) in [7, 11) is 0. The number of benzene rings is 1. The van der Waals surface area contributed by atoms with Gasteiger partial charge >= 0.3 is 0 Å². The monoisotopic (exact) mass is 346 g/mol. The molecule has 1 saturated heterocycles. The smallest absolute Gasteiger partial charge is 0.247 e. The summed E-state index contributed by atoms with van der Waals surface area (Å²) in [4.78, 5) is 16.3. The van der Waals surface area contributed by atoms with E-state index in [9.17, 15) is 4.79 Å². The van der Waals surface area contributed by atoms with Crippen molar-refractivity contribution in [1.82, 2.24) is 20.0 Å². The van der Waals surface area contributed by atoms with Crippen LogP contribution in [0, 0.1) is 5.92 Å². The number of amides is 1. The van der Waals surface area contributed by atoms with E-state index >= 15 is 0 Å². The Bertz CT molecular complexity index is 718. The van der Waals surface area contributed by atoms with Gasteiger partial charge in [0.15, 0.2) is 0 Å². The first-order chi connectivity index (χ1) is 11.7. The van der Waals surface area contributed by atoms with Gasteiger partial charge in [0, 0.05) is 42.7 Å². The number of halogens is 1. The zero-order valence-corrected chi connectivity index (χ0v) is 14.1. The van der Waals surface area contributed by atoms with E-state index in [1.165, 1.54) is 0 Å². The second kappa shape index (κ2) is 6.53. The van der Waals surface area contributed by atoms with Crippen molar-refractivity contribution in [2.75, 3.05) is 26.2 Å². The third-order valence-electron chi connectivity index (χ3n) is 4.53. The molecule has 1 aliphatic carbocycles. The summed E-state index contributed by atoms with van der Waals surface area (Å²) in [6.07, 6.45) is 2.13. The van der Waals surface area contributed by atoms with Gasteiger partial charge in [0.25, 0.3) is 0 Å². The Morgan fingerprint density at radius 3 is 2.50 bits per heavy atom. The fraction of sp³-hybridized carbons (Fsp3) is 0.471. The third kappa shape index (κ3) is 3.44. The van der Waals surface area contributed by atoms with Crippen LogP contribution in [0.3, 0.4) is 0 Å². The van der Waals surface area contributed by atoms with Gasteiger partial charge in [-0.1, -0.05) is 11.6 Å². The van der Waals surface area contributed by atoms with Crippen molar-refractivity contribution in [3.8, 4) is 11.5 Å². The summed E-state index contributed by atoms with van der Waals surface area (Å²) in [6.45, 7) is 3.88. The van der Waals surface area contributed by atoms with Crippen molar-refractivity contribution >= 4 is 17.5 Å². The summed E-state index contributed by atoms with van der Waals surface area (Å²) >= 11 is 5.89. The van der Waals surface area contributed by atoms with E-state index < -0.39 is 0 Å². The van der Waals surface area contributed by atoms with E-state index in [0.717, 1.165) is 44.6 Å². The zero-order chi connectivity index (χ0) is 16.5. The summed E-state index contributed by atoms with van der Waals surface area (Å²) in [5, 5.41) is 8.91. The molecule has 4 rings (SSSR count). The molecule has 0 N–H and O–H groups in total. The lowest BCUT2D eigenvalue weighted by atomic mass is 10.2. The summed E-state index contributed by atoms with van der Waals surface area (Å²) in [6, 6.07) is 7.33. The second-order valence-electron chi connectivity index (χ2n) is 6.38. The molecule has 2 fully saturated rings. The van der Waals surface area contributed by atoms with Crippen molar-refractivity contribution in [2.45, 2.75) is 19.4 Å². The van der Waals surface area contributed by atoms with E-state index in [0.29, 0.717) is 35.2 Å². The predicted octanol–water partition coefficient (Wildman–Crippen LogP) is 2.44. The van der Waals surface area contributed by atoms with Gasteiger partial charge in [-0.15, -0.1) is 10.2 Å². The molecule has 1 aliphatic heterocycles. The quantitative estimate of drug-likeness (QED) is 0.851. The van der Waals surface area contributed by atoms with Crippen molar-refractivity contribution < 1.29 is 9.21 Å². The summed E-state index contributed by atoms with van der Waals surface area (Å²) in [5.74, 6) is 1.73. The number of piperazine rings is 1. The molecule has 6 nitrogen and oxygen atoms in total. The Balaban J connectivity index is 1.33. The first-order valence-electron chi connectivity index (χ1n) is 8.28. The zero-order valence-electron chi connectivity index (χ0n) is 13.3. The molecule has 0 radical (unpaired) electrons. The first-order valence-corrected chi connectivity index (χ1v) is 8.66. The second-order valence-corrected chi connectivity index (χ2v) is 6.82. The Hall–Kier alpha value is -1.92. The van der Waals surface area contributed by atoms with Crippen LogP contribution in [0.15, 0.2) is 28.7 Å². The number of hydrogen-bond donors (Lipinski definition) is 0. The maximum Gasteiger partial charge on any atom is 0.247 e. The number of rotatable bonds is 4. The number of aromatic nitrogens is 2. The molecule has 2 aliphatic rings. The van der Waals surface area contributed by atoms with Gasteiger partial charge in [0.1, 0.15) is 0 Å². The molecule has 0 atom stereocenters. The molecule has 0 spiro atoms. The lowest BCUT2D eigenvalue weighted by molar-refractivity contribution is -0.134. The van der Waals surface area contributed by atoms with Gasteiger partial charge in [0.05, 0.1) is 6.54 Å². The van der Waals surface area contributed by atoms with Crippen molar-refractivity contribution in [3.05, 3.63) is 35.2 Å². The molecule has 1 saturated carbocycles. The van der Waals surface area contributed by atoms with E-state index in [2.05, 4.69) is 15.1 Å². The average molecular weight is 347 g/mol. The summed E-state index contributed by atoms with van der Waals surface area (Å²) in [5.41, 5.74) is 0.859. The SMILES string of the molecule is O=C(C1CC1)N1CCN(Cc2nnc(-c3ccc(Cl)cc3)o2)CC1. The molecular weight excluding hydrogens is 328 g/mol. The molecule has 1 amide bonds. The summed E-state index contributed by atoms with van der Waals surface area (Å²) < 4.78 is 5.75. The molecule has 1 aromatic carbocycles. The molecule has 7 heteroatoms. The fourth-order valence-corrected chi connectivity index (χ4v) is 3.06. The Morgan fingerprint density at radius 2 is 1.83 bits per heavy atom. The van der Waals surface area contributed by atoms with Crippen LogP contribution in [0.25, 0.3) is 11.5 Å². The van der Waals surface area contributed by atoms with Crippen LogP contribution >= 0.6 is 11.6 Å². The lowest BCUT2D eigenvalue weighted by Gasteiger charge is -2.34. The molecule has 0 bridgehead atoms. The normalized spacial score (nSPS) is 18.8. The largest absolute Gasteiger partial charge is 0.419 e. The van der Waals surface area contributed by atoms with E-state index in [4.69, 9.17) is 16.0 Å². The van der Waals surface area contributed by atoms with Crippen molar-refractivity contribution in [3.63, 3.8) is 0 Å².